The van der Waals surface area contributed by atoms with Crippen LogP contribution in [-0.4, -0.2) is 12.1 Å². The van der Waals surface area contributed by atoms with E-state index in [1.165, 1.54) is 0 Å². The first kappa shape index (κ1) is 13.9. The summed E-state index contributed by atoms with van der Waals surface area (Å²) in [5.74, 6) is 0. The van der Waals surface area contributed by atoms with E-state index in [0.29, 0.717) is 0 Å². The molecule has 1 rings (SSSR count). The summed E-state index contributed by atoms with van der Waals surface area (Å²) in [6.45, 7) is 13.5. The fourth-order valence-corrected chi connectivity index (χ4v) is 3.35. The molecule has 0 aromatic carbocycles. The Morgan fingerprint density at radius 3 is 2.00 bits per heavy atom. The molecular weight excluding hydrogens is 208 g/mol. The van der Waals surface area contributed by atoms with Gasteiger partial charge in [-0.1, -0.05) is 65.8 Å². The molecule has 0 aliphatic heterocycles. The SMILES string of the molecule is CC(C)(C)C1(C(C)(C)C)C=CC=CC1N=C=N. The zero-order valence-corrected chi connectivity index (χ0v) is 11.8. The molecule has 17 heavy (non-hydrogen) atoms. The Kier molecular flexibility index (Phi) is 3.50. The summed E-state index contributed by atoms with van der Waals surface area (Å²) < 4.78 is 0. The summed E-state index contributed by atoms with van der Waals surface area (Å²) in [5, 5.41) is 7.15. The van der Waals surface area contributed by atoms with Crippen molar-refractivity contribution in [2.45, 2.75) is 47.6 Å². The van der Waals surface area contributed by atoms with Gasteiger partial charge in [-0.2, -0.15) is 0 Å². The molecular formula is C15H24N2. The van der Waals surface area contributed by atoms with Crippen LogP contribution >= 0.6 is 0 Å². The van der Waals surface area contributed by atoms with Gasteiger partial charge in [0.15, 0.2) is 0 Å². The van der Waals surface area contributed by atoms with Gasteiger partial charge in [-0.3, -0.25) is 0 Å². The minimum absolute atomic E-state index is 0.00926. The van der Waals surface area contributed by atoms with Gasteiger partial charge in [0.2, 0.25) is 0 Å². The van der Waals surface area contributed by atoms with Crippen molar-refractivity contribution in [2.75, 3.05) is 0 Å². The number of allylic oxidation sites excluding steroid dienone is 2. The lowest BCUT2D eigenvalue weighted by atomic mass is 9.50. The monoisotopic (exact) mass is 232 g/mol. The van der Waals surface area contributed by atoms with E-state index in [2.05, 4.69) is 70.8 Å². The van der Waals surface area contributed by atoms with Crippen molar-refractivity contribution >= 4 is 6.01 Å². The molecule has 0 fully saturated rings. The van der Waals surface area contributed by atoms with E-state index in [1.54, 1.807) is 0 Å². The molecule has 0 amide bonds. The van der Waals surface area contributed by atoms with Gasteiger partial charge in [0, 0.05) is 5.41 Å². The van der Waals surface area contributed by atoms with Gasteiger partial charge < -0.3 is 0 Å². The lowest BCUT2D eigenvalue weighted by molar-refractivity contribution is 0.00522. The summed E-state index contributed by atoms with van der Waals surface area (Å²) in [6.07, 6.45) is 8.46. The number of hydrogen-bond acceptors (Lipinski definition) is 2. The van der Waals surface area contributed by atoms with Crippen molar-refractivity contribution in [3.8, 4) is 0 Å². The van der Waals surface area contributed by atoms with Crippen molar-refractivity contribution in [1.82, 2.24) is 0 Å². The maximum Gasteiger partial charge on any atom is 0.0893 e. The van der Waals surface area contributed by atoms with E-state index in [4.69, 9.17) is 5.41 Å². The summed E-state index contributed by atoms with van der Waals surface area (Å²) in [4.78, 5) is 4.25. The predicted molar refractivity (Wildman–Crippen MR) is 73.6 cm³/mol. The quantitative estimate of drug-likeness (QED) is 0.654. The smallest absolute Gasteiger partial charge is 0.0893 e. The first-order valence-corrected chi connectivity index (χ1v) is 6.14. The van der Waals surface area contributed by atoms with E-state index in [-0.39, 0.29) is 22.3 Å². The summed E-state index contributed by atoms with van der Waals surface area (Å²) in [5.41, 5.74) is 0.0395. The third-order valence-electron chi connectivity index (χ3n) is 3.92. The number of nitrogens with zero attached hydrogens (tertiary/aromatic N) is 1. The van der Waals surface area contributed by atoms with E-state index in [1.807, 2.05) is 6.08 Å². The van der Waals surface area contributed by atoms with E-state index in [9.17, 15) is 0 Å². The highest BCUT2D eigenvalue weighted by Crippen LogP contribution is 2.57. The number of nitrogens with one attached hydrogen (secondary N) is 1. The molecule has 0 heterocycles. The third-order valence-corrected chi connectivity index (χ3v) is 3.92. The maximum atomic E-state index is 7.15. The number of aliphatic imine (C=N–C) groups is 1. The largest absolute Gasteiger partial charge is 0.242 e. The van der Waals surface area contributed by atoms with Crippen LogP contribution in [0.5, 0.6) is 0 Å². The molecule has 2 heteroatoms. The van der Waals surface area contributed by atoms with Gasteiger partial charge in [-0.05, 0) is 10.8 Å². The normalized spacial score (nSPS) is 23.3. The van der Waals surface area contributed by atoms with Gasteiger partial charge >= 0.3 is 0 Å². The molecule has 0 bridgehead atoms. The zero-order chi connectivity index (χ0) is 13.3. The molecule has 0 spiro atoms. The predicted octanol–water partition coefficient (Wildman–Crippen LogP) is 4.31. The van der Waals surface area contributed by atoms with E-state index >= 15 is 0 Å². The van der Waals surface area contributed by atoms with Crippen molar-refractivity contribution < 1.29 is 0 Å². The highest BCUT2D eigenvalue weighted by molar-refractivity contribution is 5.40. The van der Waals surface area contributed by atoms with Crippen LogP contribution in [0.2, 0.25) is 0 Å². The van der Waals surface area contributed by atoms with Crippen molar-refractivity contribution in [3.63, 3.8) is 0 Å². The van der Waals surface area contributed by atoms with Crippen LogP contribution in [0.1, 0.15) is 41.5 Å². The highest BCUT2D eigenvalue weighted by atomic mass is 14.8. The summed E-state index contributed by atoms with van der Waals surface area (Å²) >= 11 is 0. The first-order valence-electron chi connectivity index (χ1n) is 6.14. The summed E-state index contributed by atoms with van der Waals surface area (Å²) in [6, 6.07) is 2.22. The summed E-state index contributed by atoms with van der Waals surface area (Å²) in [7, 11) is 0. The zero-order valence-electron chi connectivity index (χ0n) is 11.8. The van der Waals surface area contributed by atoms with E-state index < -0.39 is 0 Å². The van der Waals surface area contributed by atoms with Crippen molar-refractivity contribution in [3.05, 3.63) is 24.3 Å². The van der Waals surface area contributed by atoms with Crippen LogP contribution in [0.3, 0.4) is 0 Å². The topological polar surface area (TPSA) is 36.2 Å². The molecule has 1 atom stereocenters. The lowest BCUT2D eigenvalue weighted by Crippen LogP contribution is -2.52. The maximum absolute atomic E-state index is 7.15. The minimum Gasteiger partial charge on any atom is -0.242 e. The number of hydrogen-bond donors (Lipinski definition) is 1. The molecule has 0 aromatic heterocycles. The van der Waals surface area contributed by atoms with Gasteiger partial charge in [-0.25, -0.2) is 10.4 Å². The average Bonchev–Trinajstić information content (AvgIpc) is 2.15. The second kappa shape index (κ2) is 4.27. The van der Waals surface area contributed by atoms with Crippen LogP contribution in [0.25, 0.3) is 0 Å². The molecule has 2 nitrogen and oxygen atoms in total. The molecule has 0 aromatic rings. The van der Waals surface area contributed by atoms with Gasteiger partial charge in [0.1, 0.15) is 0 Å². The van der Waals surface area contributed by atoms with E-state index in [0.717, 1.165) is 0 Å². The molecule has 1 aliphatic rings. The standard InChI is InChI=1S/C15H24N2/c1-13(2,3)15(14(4,5)6)10-8-7-9-12(15)17-11-16/h7-10,12,16H,1-6H3. The van der Waals surface area contributed by atoms with Crippen LogP contribution in [0, 0.1) is 21.7 Å². The molecule has 0 saturated carbocycles. The van der Waals surface area contributed by atoms with Gasteiger partial charge in [-0.15, -0.1) is 0 Å². The number of rotatable bonds is 1. The van der Waals surface area contributed by atoms with Crippen LogP contribution in [0.15, 0.2) is 29.3 Å². The van der Waals surface area contributed by atoms with Crippen LogP contribution in [-0.2, 0) is 0 Å². The molecule has 1 aliphatic carbocycles. The van der Waals surface area contributed by atoms with Crippen molar-refractivity contribution in [1.29, 1.82) is 5.41 Å². The van der Waals surface area contributed by atoms with Crippen molar-refractivity contribution in [2.24, 2.45) is 21.2 Å². The molecule has 0 radical (unpaired) electrons. The minimum atomic E-state index is -0.0944. The van der Waals surface area contributed by atoms with Crippen LogP contribution in [0.4, 0.5) is 0 Å². The highest BCUT2D eigenvalue weighted by Gasteiger charge is 2.53. The molecule has 1 unspecified atom stereocenters. The molecule has 0 saturated heterocycles. The fraction of sp³-hybridized carbons (Fsp3) is 0.667. The van der Waals surface area contributed by atoms with Crippen LogP contribution < -0.4 is 0 Å². The Balaban J connectivity index is 3.46. The fourth-order valence-electron chi connectivity index (χ4n) is 3.35. The second-order valence-corrected chi connectivity index (χ2v) is 6.80. The van der Waals surface area contributed by atoms with Gasteiger partial charge in [0.25, 0.3) is 0 Å². The Bertz CT molecular complexity index is 368. The average molecular weight is 232 g/mol. The Labute approximate surface area is 105 Å². The Morgan fingerprint density at radius 2 is 1.59 bits per heavy atom. The second-order valence-electron chi connectivity index (χ2n) is 6.80. The molecule has 94 valence electrons. The van der Waals surface area contributed by atoms with Gasteiger partial charge in [0.05, 0.1) is 12.1 Å². The Morgan fingerprint density at radius 1 is 1.06 bits per heavy atom. The Hall–Kier alpha value is -1.14. The third kappa shape index (κ3) is 2.14. The molecule has 1 N–H and O–H groups in total. The first-order chi connectivity index (χ1) is 7.67. The lowest BCUT2D eigenvalue weighted by Gasteiger charge is -2.55.